The highest BCUT2D eigenvalue weighted by Crippen LogP contribution is 2.37. The van der Waals surface area contributed by atoms with Crippen molar-refractivity contribution in [2.24, 2.45) is 0 Å². The van der Waals surface area contributed by atoms with Crippen LogP contribution in [0.25, 0.3) is 6.08 Å². The monoisotopic (exact) mass is 434 g/mol. The quantitative estimate of drug-likeness (QED) is 0.280. The van der Waals surface area contributed by atoms with Crippen LogP contribution in [0.2, 0.25) is 0 Å². The molecule has 0 fully saturated rings. The molecule has 0 unspecified atom stereocenters. The predicted molar refractivity (Wildman–Crippen MR) is 105 cm³/mol. The smallest absolute Gasteiger partial charge is 0.308 e. The molecular weight excluding hydrogens is 416 g/mol. The van der Waals surface area contributed by atoms with E-state index in [1.807, 2.05) is 12.1 Å². The van der Waals surface area contributed by atoms with E-state index in [-0.39, 0.29) is 21.5 Å². The number of hydrogen-bond donors (Lipinski definition) is 0. The summed E-state index contributed by atoms with van der Waals surface area (Å²) in [5.41, 5.74) is 0.905. The number of ketones is 1. The summed E-state index contributed by atoms with van der Waals surface area (Å²) in [6.45, 7) is 1.25. The Morgan fingerprint density at radius 1 is 0.889 bits per heavy atom. The fourth-order valence-electron chi connectivity index (χ4n) is 2.34. The highest BCUT2D eigenvalue weighted by molar-refractivity contribution is 9.12. The Kier molecular flexibility index (Phi) is 7.01. The van der Waals surface area contributed by atoms with E-state index < -0.39 is 11.8 Å². The lowest BCUT2D eigenvalue weighted by Gasteiger charge is -2.14. The molecule has 0 spiro atoms. The van der Waals surface area contributed by atoms with Gasteiger partial charge in [0.25, 0.3) is 0 Å². The first-order valence-corrected chi connectivity index (χ1v) is 8.69. The highest BCUT2D eigenvalue weighted by Gasteiger charge is 2.23. The standard InChI is InChI=1S/C20H19BrO6/c1-12(22)27-18-11-15(25-3)10-17(26-4)19(18)20(23)16(21)9-13-5-7-14(24-2)8-6-13/h5-11H,1-4H3/b16-9-. The van der Waals surface area contributed by atoms with Crippen LogP contribution in [0.15, 0.2) is 40.9 Å². The van der Waals surface area contributed by atoms with E-state index in [1.54, 1.807) is 31.4 Å². The molecule has 0 heterocycles. The maximum atomic E-state index is 13.0. The van der Waals surface area contributed by atoms with Gasteiger partial charge in [-0.05, 0) is 39.7 Å². The third-order valence-corrected chi connectivity index (χ3v) is 4.19. The van der Waals surface area contributed by atoms with Gasteiger partial charge in [-0.1, -0.05) is 12.1 Å². The molecule has 0 aliphatic rings. The summed E-state index contributed by atoms with van der Waals surface area (Å²) in [5.74, 6) is 0.439. The van der Waals surface area contributed by atoms with Gasteiger partial charge in [-0.3, -0.25) is 9.59 Å². The van der Waals surface area contributed by atoms with Gasteiger partial charge in [-0.25, -0.2) is 0 Å². The Morgan fingerprint density at radius 2 is 1.48 bits per heavy atom. The summed E-state index contributed by atoms with van der Waals surface area (Å²) in [6, 6.07) is 10.2. The lowest BCUT2D eigenvalue weighted by molar-refractivity contribution is -0.131. The molecule has 0 atom stereocenters. The van der Waals surface area contributed by atoms with E-state index in [0.717, 1.165) is 5.56 Å². The summed E-state index contributed by atoms with van der Waals surface area (Å²) in [4.78, 5) is 24.5. The highest BCUT2D eigenvalue weighted by atomic mass is 79.9. The van der Waals surface area contributed by atoms with Gasteiger partial charge in [0.2, 0.25) is 5.78 Å². The number of esters is 1. The Morgan fingerprint density at radius 3 is 2.00 bits per heavy atom. The first-order chi connectivity index (χ1) is 12.9. The SMILES string of the molecule is COc1ccc(/C=C(\Br)C(=O)c2c(OC)cc(OC)cc2OC(C)=O)cc1. The first-order valence-electron chi connectivity index (χ1n) is 7.90. The fourth-order valence-corrected chi connectivity index (χ4v) is 2.80. The summed E-state index contributed by atoms with van der Waals surface area (Å²) < 4.78 is 21.1. The average Bonchev–Trinajstić information content (AvgIpc) is 2.66. The van der Waals surface area contributed by atoms with Gasteiger partial charge in [0, 0.05) is 19.1 Å². The number of benzene rings is 2. The second-order valence-electron chi connectivity index (χ2n) is 5.39. The second-order valence-corrected chi connectivity index (χ2v) is 6.25. The van der Waals surface area contributed by atoms with E-state index >= 15 is 0 Å². The number of methoxy groups -OCH3 is 3. The van der Waals surface area contributed by atoms with Gasteiger partial charge in [0.15, 0.2) is 0 Å². The average molecular weight is 435 g/mol. The maximum Gasteiger partial charge on any atom is 0.308 e. The van der Waals surface area contributed by atoms with Crippen LogP contribution in [0.4, 0.5) is 0 Å². The molecule has 27 heavy (non-hydrogen) atoms. The van der Waals surface area contributed by atoms with Crippen LogP contribution in [-0.2, 0) is 4.79 Å². The lowest BCUT2D eigenvalue weighted by Crippen LogP contribution is -2.10. The Hall–Kier alpha value is -2.80. The van der Waals surface area contributed by atoms with Gasteiger partial charge >= 0.3 is 5.97 Å². The zero-order chi connectivity index (χ0) is 20.0. The number of ether oxygens (including phenoxy) is 4. The number of halogens is 1. The molecule has 0 aliphatic carbocycles. The van der Waals surface area contributed by atoms with Crippen molar-refractivity contribution in [3.05, 3.63) is 52.0 Å². The molecule has 0 amide bonds. The van der Waals surface area contributed by atoms with Crippen molar-refractivity contribution in [1.82, 2.24) is 0 Å². The third kappa shape index (κ3) is 5.10. The van der Waals surface area contributed by atoms with Gasteiger partial charge in [-0.15, -0.1) is 0 Å². The van der Waals surface area contributed by atoms with Crippen molar-refractivity contribution in [3.63, 3.8) is 0 Å². The van der Waals surface area contributed by atoms with E-state index in [9.17, 15) is 9.59 Å². The summed E-state index contributed by atoms with van der Waals surface area (Å²) in [5, 5.41) is 0. The lowest BCUT2D eigenvalue weighted by atomic mass is 10.1. The van der Waals surface area contributed by atoms with Crippen LogP contribution in [0.1, 0.15) is 22.8 Å². The van der Waals surface area contributed by atoms with Crippen molar-refractivity contribution < 1.29 is 28.5 Å². The largest absolute Gasteiger partial charge is 0.497 e. The minimum Gasteiger partial charge on any atom is -0.497 e. The first kappa shape index (κ1) is 20.5. The van der Waals surface area contributed by atoms with E-state index in [2.05, 4.69) is 15.9 Å². The molecule has 6 nitrogen and oxygen atoms in total. The van der Waals surface area contributed by atoms with E-state index in [1.165, 1.54) is 27.2 Å². The van der Waals surface area contributed by atoms with E-state index in [0.29, 0.717) is 11.5 Å². The molecule has 0 aliphatic heterocycles. The van der Waals surface area contributed by atoms with Crippen LogP contribution in [0.5, 0.6) is 23.0 Å². The van der Waals surface area contributed by atoms with Crippen LogP contribution in [-0.4, -0.2) is 33.1 Å². The maximum absolute atomic E-state index is 13.0. The van der Waals surface area contributed by atoms with E-state index in [4.69, 9.17) is 18.9 Å². The topological polar surface area (TPSA) is 71.1 Å². The van der Waals surface area contributed by atoms with Crippen molar-refractivity contribution in [2.75, 3.05) is 21.3 Å². The summed E-state index contributed by atoms with van der Waals surface area (Å²) in [7, 11) is 4.47. The van der Waals surface area contributed by atoms with Crippen molar-refractivity contribution in [3.8, 4) is 23.0 Å². The van der Waals surface area contributed by atoms with Gasteiger partial charge in [-0.2, -0.15) is 0 Å². The summed E-state index contributed by atoms with van der Waals surface area (Å²) >= 11 is 3.30. The minimum atomic E-state index is -0.561. The van der Waals surface area contributed by atoms with Crippen LogP contribution in [0.3, 0.4) is 0 Å². The molecule has 0 bridgehead atoms. The van der Waals surface area contributed by atoms with Crippen LogP contribution >= 0.6 is 15.9 Å². The minimum absolute atomic E-state index is 0.0591. The molecule has 0 saturated carbocycles. The Labute approximate surface area is 165 Å². The van der Waals surface area contributed by atoms with Gasteiger partial charge in [0.05, 0.1) is 25.8 Å². The molecule has 0 radical (unpaired) electrons. The third-order valence-electron chi connectivity index (χ3n) is 3.60. The molecule has 0 N–H and O–H groups in total. The van der Waals surface area contributed by atoms with Crippen molar-refractivity contribution in [2.45, 2.75) is 6.92 Å². The van der Waals surface area contributed by atoms with Gasteiger partial charge < -0.3 is 18.9 Å². The molecular formula is C20H19BrO6. The molecule has 2 rings (SSSR count). The zero-order valence-corrected chi connectivity index (χ0v) is 17.0. The molecule has 2 aromatic carbocycles. The number of allylic oxidation sites excluding steroid dienone is 1. The normalized spacial score (nSPS) is 10.9. The number of hydrogen-bond acceptors (Lipinski definition) is 6. The molecule has 2 aromatic rings. The molecule has 0 saturated heterocycles. The predicted octanol–water partition coefficient (Wildman–Crippen LogP) is 4.26. The second kappa shape index (κ2) is 9.23. The number of carbonyl (C=O) groups excluding carboxylic acids is 2. The number of rotatable bonds is 7. The van der Waals surface area contributed by atoms with Crippen LogP contribution in [0, 0.1) is 0 Å². The zero-order valence-electron chi connectivity index (χ0n) is 15.4. The Bertz CT molecular complexity index is 871. The summed E-state index contributed by atoms with van der Waals surface area (Å²) in [6.07, 6.45) is 1.66. The fraction of sp³-hybridized carbons (Fsp3) is 0.200. The van der Waals surface area contributed by atoms with Crippen molar-refractivity contribution >= 4 is 33.8 Å². The molecule has 7 heteroatoms. The Balaban J connectivity index is 2.48. The van der Waals surface area contributed by atoms with Crippen molar-refractivity contribution in [1.29, 1.82) is 0 Å². The van der Waals surface area contributed by atoms with Crippen LogP contribution < -0.4 is 18.9 Å². The molecule has 142 valence electrons. The molecule has 0 aromatic heterocycles. The van der Waals surface area contributed by atoms with Gasteiger partial charge in [0.1, 0.15) is 28.6 Å². The number of carbonyl (C=O) groups is 2. The number of Topliss-reactive ketones (excluding diaryl/α,β-unsaturated/α-hetero) is 1.